The van der Waals surface area contributed by atoms with Crippen LogP contribution < -0.4 is 5.32 Å². The Kier molecular flexibility index (Phi) is 4.95. The summed E-state index contributed by atoms with van der Waals surface area (Å²) in [6, 6.07) is 0. The van der Waals surface area contributed by atoms with Gasteiger partial charge in [0.05, 0.1) is 0 Å². The van der Waals surface area contributed by atoms with Gasteiger partial charge in [-0.15, -0.1) is 12.6 Å². The second-order valence-corrected chi connectivity index (χ2v) is 4.29. The third-order valence-corrected chi connectivity index (χ3v) is 2.46. The number of likely N-dealkylation sites (tertiary alicyclic amines) is 1. The van der Waals surface area contributed by atoms with Crippen molar-refractivity contribution >= 4 is 29.2 Å². The van der Waals surface area contributed by atoms with Crippen molar-refractivity contribution in [2.45, 2.75) is 19.3 Å². The van der Waals surface area contributed by atoms with Crippen LogP contribution in [0.5, 0.6) is 0 Å². The molecule has 1 heterocycles. The van der Waals surface area contributed by atoms with Crippen molar-refractivity contribution in [2.75, 3.05) is 26.2 Å². The molecule has 0 aliphatic carbocycles. The molecule has 1 N–H and O–H groups in total. The number of hydrogen-bond donors (Lipinski definition) is 2. The van der Waals surface area contributed by atoms with E-state index in [0.717, 1.165) is 13.1 Å². The molecule has 1 aliphatic heterocycles. The Morgan fingerprint density at radius 2 is 2.00 bits per heavy atom. The van der Waals surface area contributed by atoms with E-state index >= 15 is 0 Å². The zero-order chi connectivity index (χ0) is 8.81. The summed E-state index contributed by atoms with van der Waals surface area (Å²) >= 11 is 8.79. The monoisotopic (exact) mass is 204 g/mol. The highest BCUT2D eigenvalue weighted by Gasteiger charge is 2.08. The van der Waals surface area contributed by atoms with Gasteiger partial charge < -0.3 is 10.2 Å². The predicted octanol–water partition coefficient (Wildman–Crippen LogP) is 1.28. The second-order valence-electron chi connectivity index (χ2n) is 3.13. The number of rotatable bonds is 3. The van der Waals surface area contributed by atoms with Crippen LogP contribution in [0.25, 0.3) is 0 Å². The van der Waals surface area contributed by atoms with E-state index in [9.17, 15) is 0 Å². The second kappa shape index (κ2) is 5.78. The van der Waals surface area contributed by atoms with Crippen molar-refractivity contribution in [3.63, 3.8) is 0 Å². The highest BCUT2D eigenvalue weighted by atomic mass is 32.1. The van der Waals surface area contributed by atoms with Crippen molar-refractivity contribution in [3.8, 4) is 0 Å². The Hall–Kier alpha value is 0.200. The molecule has 0 amide bonds. The molecule has 1 saturated heterocycles. The largest absolute Gasteiger partial charge is 0.370 e. The number of nitrogens with zero attached hydrogens (tertiary/aromatic N) is 1. The van der Waals surface area contributed by atoms with Gasteiger partial charge in [0.15, 0.2) is 0 Å². The molecule has 0 unspecified atom stereocenters. The first-order valence-electron chi connectivity index (χ1n) is 4.48. The van der Waals surface area contributed by atoms with Gasteiger partial charge in [0, 0.05) is 13.1 Å². The molecule has 0 aromatic carbocycles. The summed E-state index contributed by atoms with van der Waals surface area (Å²) in [5.41, 5.74) is 0. The van der Waals surface area contributed by atoms with Gasteiger partial charge in [-0.1, -0.05) is 18.6 Å². The van der Waals surface area contributed by atoms with Crippen molar-refractivity contribution in [2.24, 2.45) is 0 Å². The fourth-order valence-electron chi connectivity index (χ4n) is 1.50. The summed E-state index contributed by atoms with van der Waals surface area (Å²) in [7, 11) is 0. The van der Waals surface area contributed by atoms with Crippen LogP contribution in [-0.2, 0) is 0 Å². The van der Waals surface area contributed by atoms with Gasteiger partial charge in [0.2, 0.25) is 0 Å². The molecular weight excluding hydrogens is 188 g/mol. The van der Waals surface area contributed by atoms with E-state index in [2.05, 4.69) is 22.8 Å². The lowest BCUT2D eigenvalue weighted by molar-refractivity contribution is 0.232. The lowest BCUT2D eigenvalue weighted by Crippen LogP contribution is -2.36. The van der Waals surface area contributed by atoms with Crippen LogP contribution in [0.15, 0.2) is 0 Å². The SMILES string of the molecule is S=C(S)NCCN1CCCCC1. The first-order valence-corrected chi connectivity index (χ1v) is 5.34. The summed E-state index contributed by atoms with van der Waals surface area (Å²) in [6.45, 7) is 4.53. The molecule has 0 radical (unpaired) electrons. The zero-order valence-corrected chi connectivity index (χ0v) is 8.96. The van der Waals surface area contributed by atoms with E-state index in [1.807, 2.05) is 0 Å². The maximum Gasteiger partial charge on any atom is 0.130 e. The molecule has 12 heavy (non-hydrogen) atoms. The highest BCUT2D eigenvalue weighted by Crippen LogP contribution is 2.07. The van der Waals surface area contributed by atoms with Crippen LogP contribution in [0.1, 0.15) is 19.3 Å². The molecule has 1 rings (SSSR count). The van der Waals surface area contributed by atoms with Crippen molar-refractivity contribution in [1.29, 1.82) is 0 Å². The summed E-state index contributed by atoms with van der Waals surface area (Å²) < 4.78 is 0.604. The first kappa shape index (κ1) is 10.3. The van der Waals surface area contributed by atoms with Gasteiger partial charge in [-0.2, -0.15) is 0 Å². The average molecular weight is 204 g/mol. The fourth-order valence-corrected chi connectivity index (χ4v) is 1.72. The first-order chi connectivity index (χ1) is 5.79. The van der Waals surface area contributed by atoms with Crippen LogP contribution in [0.4, 0.5) is 0 Å². The maximum atomic E-state index is 4.80. The zero-order valence-electron chi connectivity index (χ0n) is 7.25. The lowest BCUT2D eigenvalue weighted by Gasteiger charge is -2.26. The molecule has 2 nitrogen and oxygen atoms in total. The summed E-state index contributed by atoms with van der Waals surface area (Å²) in [5.74, 6) is 0. The van der Waals surface area contributed by atoms with Gasteiger partial charge in [0.1, 0.15) is 4.32 Å². The van der Waals surface area contributed by atoms with Crippen LogP contribution in [0.3, 0.4) is 0 Å². The Labute approximate surface area is 85.1 Å². The molecule has 0 aromatic rings. The standard InChI is InChI=1S/C8H16N2S2/c11-8(12)9-4-7-10-5-2-1-3-6-10/h1-7H2,(H2,9,11,12). The van der Waals surface area contributed by atoms with Gasteiger partial charge in [0.25, 0.3) is 0 Å². The number of hydrogen-bond acceptors (Lipinski definition) is 2. The summed E-state index contributed by atoms with van der Waals surface area (Å²) in [5, 5.41) is 3.05. The number of piperidine rings is 1. The molecule has 0 atom stereocenters. The third kappa shape index (κ3) is 4.28. The van der Waals surface area contributed by atoms with Gasteiger partial charge in [-0.05, 0) is 25.9 Å². The van der Waals surface area contributed by atoms with Crippen molar-refractivity contribution in [1.82, 2.24) is 10.2 Å². The number of thiol groups is 1. The van der Waals surface area contributed by atoms with E-state index in [1.54, 1.807) is 0 Å². The lowest BCUT2D eigenvalue weighted by atomic mass is 10.1. The molecule has 70 valence electrons. The Morgan fingerprint density at radius 1 is 1.33 bits per heavy atom. The number of thiocarbonyl (C=S) groups is 1. The smallest absolute Gasteiger partial charge is 0.130 e. The molecule has 1 fully saturated rings. The maximum absolute atomic E-state index is 4.80. The Bertz CT molecular complexity index is 144. The van der Waals surface area contributed by atoms with Crippen LogP contribution in [0.2, 0.25) is 0 Å². The van der Waals surface area contributed by atoms with E-state index in [-0.39, 0.29) is 0 Å². The molecule has 0 spiro atoms. The van der Waals surface area contributed by atoms with Crippen LogP contribution in [-0.4, -0.2) is 35.4 Å². The van der Waals surface area contributed by atoms with E-state index in [1.165, 1.54) is 32.4 Å². The molecular formula is C8H16N2S2. The fraction of sp³-hybridized carbons (Fsp3) is 0.875. The van der Waals surface area contributed by atoms with Gasteiger partial charge >= 0.3 is 0 Å². The molecule has 4 heteroatoms. The van der Waals surface area contributed by atoms with E-state index in [4.69, 9.17) is 12.2 Å². The predicted molar refractivity (Wildman–Crippen MR) is 59.9 cm³/mol. The van der Waals surface area contributed by atoms with Crippen LogP contribution >= 0.6 is 24.8 Å². The molecule has 0 saturated carbocycles. The van der Waals surface area contributed by atoms with Crippen molar-refractivity contribution in [3.05, 3.63) is 0 Å². The minimum absolute atomic E-state index is 0.604. The summed E-state index contributed by atoms with van der Waals surface area (Å²) in [4.78, 5) is 2.47. The summed E-state index contributed by atoms with van der Waals surface area (Å²) in [6.07, 6.45) is 4.10. The quantitative estimate of drug-likeness (QED) is 0.532. The number of nitrogens with one attached hydrogen (secondary N) is 1. The molecule has 0 aromatic heterocycles. The van der Waals surface area contributed by atoms with Crippen LogP contribution in [0, 0.1) is 0 Å². The van der Waals surface area contributed by atoms with Gasteiger partial charge in [-0.3, -0.25) is 0 Å². The van der Waals surface area contributed by atoms with Crippen molar-refractivity contribution < 1.29 is 0 Å². The average Bonchev–Trinajstić information content (AvgIpc) is 2.05. The minimum Gasteiger partial charge on any atom is -0.370 e. The normalized spacial score (nSPS) is 19.1. The third-order valence-electron chi connectivity index (χ3n) is 2.15. The minimum atomic E-state index is 0.604. The Balaban J connectivity index is 2.01. The topological polar surface area (TPSA) is 15.3 Å². The Morgan fingerprint density at radius 3 is 2.58 bits per heavy atom. The molecule has 0 bridgehead atoms. The molecule has 1 aliphatic rings. The highest BCUT2D eigenvalue weighted by molar-refractivity contribution is 8.11. The van der Waals surface area contributed by atoms with E-state index in [0.29, 0.717) is 4.32 Å². The van der Waals surface area contributed by atoms with Gasteiger partial charge in [-0.25, -0.2) is 0 Å². The van der Waals surface area contributed by atoms with E-state index < -0.39 is 0 Å².